The van der Waals surface area contributed by atoms with E-state index in [1.165, 1.54) is 186 Å². The van der Waals surface area contributed by atoms with Crippen LogP contribution >= 0.6 is 0 Å². The lowest BCUT2D eigenvalue weighted by Gasteiger charge is -2.18. The lowest BCUT2D eigenvalue weighted by Crippen LogP contribution is -2.30. The molecule has 0 aliphatic carbocycles. The molecule has 0 heterocycles. The zero-order valence-corrected chi connectivity index (χ0v) is 41.6. The first kappa shape index (κ1) is 59.9. The molecule has 62 heavy (non-hydrogen) atoms. The Morgan fingerprint density at radius 1 is 0.355 bits per heavy atom. The van der Waals surface area contributed by atoms with Crippen LogP contribution < -0.4 is 0 Å². The third kappa shape index (κ3) is 50.5. The molecule has 1 unspecified atom stereocenters. The summed E-state index contributed by atoms with van der Waals surface area (Å²) in [6.07, 6.45) is 65.5. The molecule has 0 aromatic carbocycles. The molecule has 0 bridgehead atoms. The molecule has 0 aromatic heterocycles. The lowest BCUT2D eigenvalue weighted by atomic mass is 10.1. The Hall–Kier alpha value is -2.14. The summed E-state index contributed by atoms with van der Waals surface area (Å²) in [5, 5.41) is 0. The zero-order valence-electron chi connectivity index (χ0n) is 41.6. The SMILES string of the molecule is CCCC/C=C\CCCCCCCCOCC(COC(=O)CCCCCCCCCCC/C=C\C/C=C\CCCCC)OC(=O)CCCCCCC/C=C\CCCCCCCC. The molecule has 0 spiro atoms. The van der Waals surface area contributed by atoms with Gasteiger partial charge in [-0.05, 0) is 96.3 Å². The number of hydrogen-bond acceptors (Lipinski definition) is 5. The normalized spacial score (nSPS) is 12.5. The van der Waals surface area contributed by atoms with E-state index in [0.29, 0.717) is 19.4 Å². The number of unbranched alkanes of at least 4 members (excludes halogenated alkanes) is 31. The molecule has 1 atom stereocenters. The number of allylic oxidation sites excluding steroid dienone is 8. The van der Waals surface area contributed by atoms with E-state index in [1.54, 1.807) is 0 Å². The van der Waals surface area contributed by atoms with Gasteiger partial charge in [0.1, 0.15) is 6.61 Å². The Morgan fingerprint density at radius 2 is 0.694 bits per heavy atom. The Labute approximate surface area is 386 Å². The van der Waals surface area contributed by atoms with E-state index in [4.69, 9.17) is 14.2 Å². The van der Waals surface area contributed by atoms with Gasteiger partial charge in [-0.3, -0.25) is 9.59 Å². The summed E-state index contributed by atoms with van der Waals surface area (Å²) in [5.41, 5.74) is 0. The van der Waals surface area contributed by atoms with Gasteiger partial charge < -0.3 is 14.2 Å². The molecule has 0 saturated carbocycles. The van der Waals surface area contributed by atoms with Crippen LogP contribution in [0.15, 0.2) is 48.6 Å². The first-order chi connectivity index (χ1) is 30.6. The first-order valence-corrected chi connectivity index (χ1v) is 27.2. The number of rotatable bonds is 50. The standard InChI is InChI=1S/C57H104O5/c1-4-7-10-13-16-19-22-25-27-28-29-30-32-33-35-38-41-44-47-50-56(58)61-54-55(53-60-52-49-46-43-40-37-24-21-18-15-12-9-6-3)62-57(59)51-48-45-42-39-36-34-31-26-23-20-17-14-11-8-5-2/h15-16,18-19,25-27,31,55H,4-14,17,20-24,28-30,32-54H2,1-3H3/b18-15-,19-16-,27-25-,31-26-. The summed E-state index contributed by atoms with van der Waals surface area (Å²) >= 11 is 0. The van der Waals surface area contributed by atoms with Gasteiger partial charge in [0.05, 0.1) is 6.61 Å². The monoisotopic (exact) mass is 869 g/mol. The Kier molecular flexibility index (Phi) is 51.4. The minimum Gasteiger partial charge on any atom is -0.462 e. The van der Waals surface area contributed by atoms with Crippen molar-refractivity contribution in [2.24, 2.45) is 0 Å². The largest absolute Gasteiger partial charge is 0.462 e. The summed E-state index contributed by atoms with van der Waals surface area (Å²) in [5.74, 6) is -0.405. The maximum atomic E-state index is 12.8. The third-order valence-corrected chi connectivity index (χ3v) is 11.8. The molecule has 0 N–H and O–H groups in total. The molecule has 5 nitrogen and oxygen atoms in total. The van der Waals surface area contributed by atoms with Crippen molar-refractivity contribution < 1.29 is 23.8 Å². The van der Waals surface area contributed by atoms with Crippen LogP contribution in [0.5, 0.6) is 0 Å². The molecule has 0 aliphatic rings. The predicted octanol–water partition coefficient (Wildman–Crippen LogP) is 18.3. The number of esters is 2. The number of ether oxygens (including phenoxy) is 3. The fourth-order valence-corrected chi connectivity index (χ4v) is 7.69. The zero-order chi connectivity index (χ0) is 44.9. The van der Waals surface area contributed by atoms with Crippen LogP contribution in [0.4, 0.5) is 0 Å². The predicted molar refractivity (Wildman–Crippen MR) is 270 cm³/mol. The van der Waals surface area contributed by atoms with Crippen molar-refractivity contribution in [2.45, 2.75) is 284 Å². The fraction of sp³-hybridized carbons (Fsp3) is 0.825. The highest BCUT2D eigenvalue weighted by molar-refractivity contribution is 5.70. The Morgan fingerprint density at radius 3 is 1.16 bits per heavy atom. The van der Waals surface area contributed by atoms with Crippen molar-refractivity contribution in [3.63, 3.8) is 0 Å². The molecule has 0 fully saturated rings. The van der Waals surface area contributed by atoms with E-state index in [0.717, 1.165) is 57.8 Å². The smallest absolute Gasteiger partial charge is 0.306 e. The van der Waals surface area contributed by atoms with E-state index in [1.807, 2.05) is 0 Å². The third-order valence-electron chi connectivity index (χ3n) is 11.8. The fourth-order valence-electron chi connectivity index (χ4n) is 7.69. The molecule has 5 heteroatoms. The van der Waals surface area contributed by atoms with E-state index >= 15 is 0 Å². The van der Waals surface area contributed by atoms with Gasteiger partial charge in [-0.25, -0.2) is 0 Å². The van der Waals surface area contributed by atoms with Gasteiger partial charge in [-0.15, -0.1) is 0 Å². The minimum absolute atomic E-state index is 0.0792. The van der Waals surface area contributed by atoms with Crippen LogP contribution in [0.2, 0.25) is 0 Å². The van der Waals surface area contributed by atoms with Crippen molar-refractivity contribution in [3.8, 4) is 0 Å². The highest BCUT2D eigenvalue weighted by Gasteiger charge is 2.17. The van der Waals surface area contributed by atoms with Crippen molar-refractivity contribution in [1.29, 1.82) is 0 Å². The lowest BCUT2D eigenvalue weighted by molar-refractivity contribution is -0.163. The van der Waals surface area contributed by atoms with Crippen molar-refractivity contribution in [2.75, 3.05) is 19.8 Å². The molecule has 362 valence electrons. The molecule has 0 aromatic rings. The van der Waals surface area contributed by atoms with Gasteiger partial charge in [0.25, 0.3) is 0 Å². The number of carbonyl (C=O) groups excluding carboxylic acids is 2. The van der Waals surface area contributed by atoms with Crippen LogP contribution in [-0.4, -0.2) is 37.9 Å². The average Bonchev–Trinajstić information content (AvgIpc) is 3.27. The second-order valence-corrected chi connectivity index (χ2v) is 18.1. The average molecular weight is 869 g/mol. The van der Waals surface area contributed by atoms with E-state index in [-0.39, 0.29) is 25.2 Å². The highest BCUT2D eigenvalue weighted by Crippen LogP contribution is 2.15. The molecular weight excluding hydrogens is 765 g/mol. The summed E-state index contributed by atoms with van der Waals surface area (Å²) in [7, 11) is 0. The van der Waals surface area contributed by atoms with Crippen LogP contribution in [0.25, 0.3) is 0 Å². The van der Waals surface area contributed by atoms with Gasteiger partial charge in [0.2, 0.25) is 0 Å². The van der Waals surface area contributed by atoms with Crippen LogP contribution in [0, 0.1) is 0 Å². The van der Waals surface area contributed by atoms with Gasteiger partial charge in [0, 0.05) is 19.4 Å². The topological polar surface area (TPSA) is 61.8 Å². The van der Waals surface area contributed by atoms with Crippen LogP contribution in [0.1, 0.15) is 278 Å². The quantitative estimate of drug-likeness (QED) is 0.0346. The second-order valence-electron chi connectivity index (χ2n) is 18.1. The first-order valence-electron chi connectivity index (χ1n) is 27.2. The molecule has 0 aliphatic heterocycles. The summed E-state index contributed by atoms with van der Waals surface area (Å²) < 4.78 is 17.4. The highest BCUT2D eigenvalue weighted by atomic mass is 16.6. The maximum Gasteiger partial charge on any atom is 0.306 e. The molecule has 0 saturated heterocycles. The summed E-state index contributed by atoms with van der Waals surface area (Å²) in [4.78, 5) is 25.4. The van der Waals surface area contributed by atoms with Gasteiger partial charge in [-0.1, -0.05) is 217 Å². The van der Waals surface area contributed by atoms with Crippen molar-refractivity contribution in [3.05, 3.63) is 48.6 Å². The maximum absolute atomic E-state index is 12.8. The summed E-state index contributed by atoms with van der Waals surface area (Å²) in [6.45, 7) is 7.77. The minimum atomic E-state index is -0.543. The second kappa shape index (κ2) is 53.2. The van der Waals surface area contributed by atoms with Crippen molar-refractivity contribution >= 4 is 11.9 Å². The van der Waals surface area contributed by atoms with E-state index in [2.05, 4.69) is 69.4 Å². The molecule has 0 rings (SSSR count). The van der Waals surface area contributed by atoms with Gasteiger partial charge in [0.15, 0.2) is 6.10 Å². The molecule has 0 amide bonds. The van der Waals surface area contributed by atoms with E-state index in [9.17, 15) is 9.59 Å². The van der Waals surface area contributed by atoms with Gasteiger partial charge >= 0.3 is 11.9 Å². The Bertz CT molecular complexity index is 1030. The van der Waals surface area contributed by atoms with Crippen LogP contribution in [-0.2, 0) is 23.8 Å². The number of hydrogen-bond donors (Lipinski definition) is 0. The van der Waals surface area contributed by atoms with E-state index < -0.39 is 6.10 Å². The Balaban J connectivity index is 4.23. The molecule has 0 radical (unpaired) electrons. The van der Waals surface area contributed by atoms with Crippen molar-refractivity contribution in [1.82, 2.24) is 0 Å². The van der Waals surface area contributed by atoms with Gasteiger partial charge in [-0.2, -0.15) is 0 Å². The molecular formula is C57H104O5. The van der Waals surface area contributed by atoms with Crippen LogP contribution in [0.3, 0.4) is 0 Å². The number of carbonyl (C=O) groups is 2. The summed E-state index contributed by atoms with van der Waals surface area (Å²) in [6, 6.07) is 0.